The maximum atomic E-state index is 12.7. The topological polar surface area (TPSA) is 45.7 Å². The first-order valence-electron chi connectivity index (χ1n) is 8.83. The second-order valence-electron chi connectivity index (χ2n) is 6.83. The first-order valence-corrected chi connectivity index (χ1v) is 9.71. The van der Waals surface area contributed by atoms with E-state index in [2.05, 4.69) is 16.0 Å². The largest absolute Gasteiger partial charge is 0.371 e. The third-order valence-electron chi connectivity index (χ3n) is 5.15. The number of ether oxygens (including phenoxy) is 1. The van der Waals surface area contributed by atoms with Crippen LogP contribution in [0, 0.1) is 0 Å². The Labute approximate surface area is 152 Å². The summed E-state index contributed by atoms with van der Waals surface area (Å²) >= 11 is 1.51. The number of rotatable bonds is 3. The van der Waals surface area contributed by atoms with Gasteiger partial charge in [-0.2, -0.15) is 0 Å². The van der Waals surface area contributed by atoms with Crippen molar-refractivity contribution in [1.82, 2.24) is 14.8 Å². The lowest BCUT2D eigenvalue weighted by atomic mass is 9.89. The molecule has 25 heavy (non-hydrogen) atoms. The van der Waals surface area contributed by atoms with Crippen LogP contribution >= 0.6 is 11.3 Å². The second-order valence-corrected chi connectivity index (χ2v) is 7.78. The number of carbonyl (C=O) groups is 1. The van der Waals surface area contributed by atoms with E-state index >= 15 is 0 Å². The van der Waals surface area contributed by atoms with Gasteiger partial charge in [-0.25, -0.2) is 0 Å². The lowest BCUT2D eigenvalue weighted by molar-refractivity contribution is -0.127. The molecule has 6 heteroatoms. The molecule has 2 saturated heterocycles. The molecule has 0 aliphatic carbocycles. The van der Waals surface area contributed by atoms with Gasteiger partial charge in [-0.15, -0.1) is 11.3 Å². The monoisotopic (exact) mass is 357 g/mol. The maximum Gasteiger partial charge on any atom is 0.264 e. The molecule has 2 aromatic heterocycles. The average Bonchev–Trinajstić information content (AvgIpc) is 3.19. The van der Waals surface area contributed by atoms with Crippen molar-refractivity contribution in [2.75, 3.05) is 32.8 Å². The average molecular weight is 357 g/mol. The zero-order chi connectivity index (χ0) is 17.1. The van der Waals surface area contributed by atoms with Crippen LogP contribution in [0.15, 0.2) is 41.9 Å². The van der Waals surface area contributed by atoms with Crippen LogP contribution in [0.25, 0.3) is 0 Å². The molecule has 2 aliphatic rings. The first-order chi connectivity index (χ1) is 12.2. The minimum absolute atomic E-state index is 0.147. The highest BCUT2D eigenvalue weighted by Gasteiger charge is 2.41. The van der Waals surface area contributed by atoms with Crippen molar-refractivity contribution < 1.29 is 9.53 Å². The molecule has 0 radical (unpaired) electrons. The van der Waals surface area contributed by atoms with Gasteiger partial charge in [-0.05, 0) is 36.4 Å². The molecule has 1 amide bonds. The highest BCUT2D eigenvalue weighted by molar-refractivity contribution is 7.12. The fraction of sp³-hybridized carbons (Fsp3) is 0.474. The van der Waals surface area contributed by atoms with Crippen molar-refractivity contribution in [1.29, 1.82) is 0 Å². The van der Waals surface area contributed by atoms with E-state index in [0.29, 0.717) is 19.7 Å². The summed E-state index contributed by atoms with van der Waals surface area (Å²) in [5.41, 5.74) is 0.934. The van der Waals surface area contributed by atoms with Crippen molar-refractivity contribution in [2.24, 2.45) is 0 Å². The smallest absolute Gasteiger partial charge is 0.264 e. The van der Waals surface area contributed by atoms with Crippen LogP contribution in [0.4, 0.5) is 0 Å². The van der Waals surface area contributed by atoms with E-state index in [1.54, 1.807) is 0 Å². The van der Waals surface area contributed by atoms with Gasteiger partial charge in [0.05, 0.1) is 29.3 Å². The van der Waals surface area contributed by atoms with E-state index in [0.717, 1.165) is 43.0 Å². The predicted octanol–water partition coefficient (Wildman–Crippen LogP) is 2.65. The van der Waals surface area contributed by atoms with Gasteiger partial charge >= 0.3 is 0 Å². The van der Waals surface area contributed by atoms with Crippen molar-refractivity contribution in [3.8, 4) is 0 Å². The molecule has 5 nitrogen and oxygen atoms in total. The molecule has 0 saturated carbocycles. The van der Waals surface area contributed by atoms with E-state index < -0.39 is 0 Å². The molecule has 0 aromatic carbocycles. The Morgan fingerprint density at radius 1 is 1.20 bits per heavy atom. The Bertz CT molecular complexity index is 697. The minimum Gasteiger partial charge on any atom is -0.371 e. The minimum atomic E-state index is -0.175. The molecule has 0 unspecified atom stereocenters. The number of pyridine rings is 1. The summed E-state index contributed by atoms with van der Waals surface area (Å²) < 4.78 is 6.17. The molecule has 1 spiro atoms. The predicted molar refractivity (Wildman–Crippen MR) is 97.7 cm³/mol. The van der Waals surface area contributed by atoms with E-state index in [9.17, 15) is 4.79 Å². The molecule has 2 fully saturated rings. The molecular weight excluding hydrogens is 334 g/mol. The number of hydrogen-bond donors (Lipinski definition) is 0. The van der Waals surface area contributed by atoms with Gasteiger partial charge < -0.3 is 9.64 Å². The number of likely N-dealkylation sites (tertiary alicyclic amines) is 1. The summed E-state index contributed by atoms with van der Waals surface area (Å²) in [6, 6.07) is 9.90. The lowest BCUT2D eigenvalue weighted by Gasteiger charge is -2.47. The van der Waals surface area contributed by atoms with Crippen molar-refractivity contribution >= 4 is 17.2 Å². The summed E-state index contributed by atoms with van der Waals surface area (Å²) in [6.45, 7) is 4.89. The number of nitrogens with zero attached hydrogens (tertiary/aromatic N) is 3. The van der Waals surface area contributed by atoms with Gasteiger partial charge in [-0.3, -0.25) is 14.7 Å². The molecule has 0 bridgehead atoms. The van der Waals surface area contributed by atoms with Crippen LogP contribution in [0.5, 0.6) is 0 Å². The Morgan fingerprint density at radius 3 is 2.80 bits per heavy atom. The molecule has 132 valence electrons. The van der Waals surface area contributed by atoms with Crippen LogP contribution in [-0.2, 0) is 11.3 Å². The highest BCUT2D eigenvalue weighted by atomic mass is 32.1. The van der Waals surface area contributed by atoms with Gasteiger partial charge in [0.25, 0.3) is 5.91 Å². The van der Waals surface area contributed by atoms with Crippen LogP contribution in [0.3, 0.4) is 0 Å². The van der Waals surface area contributed by atoms with Crippen molar-refractivity contribution in [3.05, 3.63) is 52.5 Å². The van der Waals surface area contributed by atoms with Gasteiger partial charge in [0.2, 0.25) is 0 Å². The van der Waals surface area contributed by atoms with Crippen LogP contribution < -0.4 is 0 Å². The van der Waals surface area contributed by atoms with Crippen molar-refractivity contribution in [2.45, 2.75) is 25.0 Å². The Kier molecular flexibility index (Phi) is 4.83. The normalized spacial score (nSPS) is 20.7. The molecule has 0 atom stereocenters. The number of aromatic nitrogens is 1. The van der Waals surface area contributed by atoms with E-state index in [1.165, 1.54) is 11.3 Å². The fourth-order valence-electron chi connectivity index (χ4n) is 3.72. The molecule has 2 aliphatic heterocycles. The van der Waals surface area contributed by atoms with E-state index in [1.807, 2.05) is 40.7 Å². The molecular formula is C19H23N3O2S. The Morgan fingerprint density at radius 2 is 2.08 bits per heavy atom. The third-order valence-corrected chi connectivity index (χ3v) is 6.00. The Hall–Kier alpha value is -1.76. The number of thiophene rings is 1. The van der Waals surface area contributed by atoms with Crippen LogP contribution in [0.2, 0.25) is 0 Å². The van der Waals surface area contributed by atoms with Gasteiger partial charge in [0, 0.05) is 32.4 Å². The SMILES string of the molecule is O=C(c1cccs1)N1CCOC2(CCN(Cc3ccccn3)CC2)C1. The molecule has 2 aromatic rings. The van der Waals surface area contributed by atoms with E-state index in [-0.39, 0.29) is 11.5 Å². The van der Waals surface area contributed by atoms with Gasteiger partial charge in [0.15, 0.2) is 0 Å². The number of piperidine rings is 1. The summed E-state index contributed by atoms with van der Waals surface area (Å²) in [4.78, 5) is 22.3. The van der Waals surface area contributed by atoms with E-state index in [4.69, 9.17) is 4.74 Å². The Balaban J connectivity index is 1.36. The fourth-order valence-corrected chi connectivity index (χ4v) is 4.41. The van der Waals surface area contributed by atoms with Crippen LogP contribution in [0.1, 0.15) is 28.2 Å². The van der Waals surface area contributed by atoms with Crippen LogP contribution in [-0.4, -0.2) is 59.1 Å². The molecule has 4 heterocycles. The standard InChI is InChI=1S/C19H23N3O2S/c23-18(17-5-3-13-25-17)22-11-12-24-19(15-22)6-9-21(10-7-19)14-16-4-1-2-8-20-16/h1-5,8,13H,6-7,9-12,14-15H2. The maximum absolute atomic E-state index is 12.7. The summed E-state index contributed by atoms with van der Waals surface area (Å²) in [5, 5.41) is 1.96. The first kappa shape index (κ1) is 16.7. The lowest BCUT2D eigenvalue weighted by Crippen LogP contribution is -2.57. The molecule has 0 N–H and O–H groups in total. The molecule has 4 rings (SSSR count). The van der Waals surface area contributed by atoms with Gasteiger partial charge in [-0.1, -0.05) is 12.1 Å². The highest BCUT2D eigenvalue weighted by Crippen LogP contribution is 2.31. The number of carbonyl (C=O) groups excluding carboxylic acids is 1. The zero-order valence-electron chi connectivity index (χ0n) is 14.3. The third kappa shape index (κ3) is 3.76. The number of morpholine rings is 1. The number of hydrogen-bond acceptors (Lipinski definition) is 5. The summed E-state index contributed by atoms with van der Waals surface area (Å²) in [6.07, 6.45) is 3.78. The summed E-state index contributed by atoms with van der Waals surface area (Å²) in [5.74, 6) is 0.147. The number of amides is 1. The van der Waals surface area contributed by atoms with Gasteiger partial charge in [0.1, 0.15) is 0 Å². The zero-order valence-corrected chi connectivity index (χ0v) is 15.1. The second kappa shape index (κ2) is 7.23. The summed E-state index contributed by atoms with van der Waals surface area (Å²) in [7, 11) is 0. The van der Waals surface area contributed by atoms with Crippen molar-refractivity contribution in [3.63, 3.8) is 0 Å². The quantitative estimate of drug-likeness (QED) is 0.847.